The lowest BCUT2D eigenvalue weighted by molar-refractivity contribution is 0.0769. The van der Waals surface area contributed by atoms with Gasteiger partial charge in [0.2, 0.25) is 0 Å². The van der Waals surface area contributed by atoms with E-state index in [0.29, 0.717) is 23.2 Å². The van der Waals surface area contributed by atoms with E-state index < -0.39 is 0 Å². The van der Waals surface area contributed by atoms with Gasteiger partial charge in [0.05, 0.1) is 17.3 Å². The van der Waals surface area contributed by atoms with Crippen molar-refractivity contribution < 1.29 is 9.53 Å². The summed E-state index contributed by atoms with van der Waals surface area (Å²) in [6.07, 6.45) is 2.88. The van der Waals surface area contributed by atoms with Crippen LogP contribution in [0.4, 0.5) is 0 Å². The van der Waals surface area contributed by atoms with Gasteiger partial charge in [0.15, 0.2) is 4.96 Å². The van der Waals surface area contributed by atoms with Gasteiger partial charge in [-0.3, -0.25) is 9.20 Å². The molecule has 2 aromatic heterocycles. The van der Waals surface area contributed by atoms with Crippen LogP contribution >= 0.6 is 22.9 Å². The minimum absolute atomic E-state index is 0.0490. The molecule has 1 unspecified atom stereocenters. The van der Waals surface area contributed by atoms with Crippen LogP contribution in [0.2, 0.25) is 5.02 Å². The van der Waals surface area contributed by atoms with Gasteiger partial charge in [0.1, 0.15) is 5.69 Å². The molecule has 1 aliphatic rings. The highest BCUT2D eigenvalue weighted by Crippen LogP contribution is 2.29. The number of benzene rings is 1. The van der Waals surface area contributed by atoms with E-state index in [1.807, 2.05) is 45.1 Å². The van der Waals surface area contributed by atoms with Crippen LogP contribution in [0.1, 0.15) is 16.9 Å². The number of thiazole rings is 1. The molecule has 1 fully saturated rings. The number of likely N-dealkylation sites (tertiary alicyclic amines) is 1. The quantitative estimate of drug-likeness (QED) is 0.696. The Morgan fingerprint density at radius 1 is 1.44 bits per heavy atom. The van der Waals surface area contributed by atoms with Crippen LogP contribution in [0.3, 0.4) is 0 Å². The number of ether oxygens (including phenoxy) is 1. The number of fused-ring (bicyclic) bond motifs is 1. The molecule has 1 saturated heterocycles. The maximum absolute atomic E-state index is 12.9. The fourth-order valence-electron chi connectivity index (χ4n) is 3.29. The number of amides is 1. The molecule has 1 aromatic carbocycles. The molecular formula is C18H18ClN3O2S. The molecule has 25 heavy (non-hydrogen) atoms. The topological polar surface area (TPSA) is 46.8 Å². The van der Waals surface area contributed by atoms with Crippen LogP contribution in [-0.2, 0) is 4.74 Å². The summed E-state index contributed by atoms with van der Waals surface area (Å²) in [4.78, 5) is 20.2. The van der Waals surface area contributed by atoms with E-state index in [1.54, 1.807) is 7.11 Å². The third kappa shape index (κ3) is 3.05. The number of imidazole rings is 1. The molecule has 0 spiro atoms. The molecule has 1 atom stereocenters. The molecule has 0 bridgehead atoms. The SMILES string of the molecule is COCC1CCN(C(=O)c2csc3nc(-c4ccccc4Cl)cn23)C1. The summed E-state index contributed by atoms with van der Waals surface area (Å²) in [6, 6.07) is 7.60. The van der Waals surface area contributed by atoms with E-state index in [-0.39, 0.29) is 5.91 Å². The fraction of sp³-hybridized carbons (Fsp3) is 0.333. The van der Waals surface area contributed by atoms with Crippen molar-refractivity contribution in [3.63, 3.8) is 0 Å². The Morgan fingerprint density at radius 3 is 3.08 bits per heavy atom. The van der Waals surface area contributed by atoms with E-state index in [0.717, 1.165) is 35.7 Å². The Labute approximate surface area is 154 Å². The van der Waals surface area contributed by atoms with Crippen molar-refractivity contribution in [2.75, 3.05) is 26.8 Å². The minimum atomic E-state index is 0.0490. The zero-order chi connectivity index (χ0) is 17.4. The highest BCUT2D eigenvalue weighted by Gasteiger charge is 2.28. The first-order valence-corrected chi connectivity index (χ1v) is 9.43. The molecule has 1 amide bonds. The number of methoxy groups -OCH3 is 1. The highest BCUT2D eigenvalue weighted by atomic mass is 35.5. The smallest absolute Gasteiger partial charge is 0.271 e. The van der Waals surface area contributed by atoms with E-state index >= 15 is 0 Å². The van der Waals surface area contributed by atoms with E-state index in [4.69, 9.17) is 16.3 Å². The van der Waals surface area contributed by atoms with Crippen molar-refractivity contribution in [2.24, 2.45) is 5.92 Å². The summed E-state index contributed by atoms with van der Waals surface area (Å²) in [6.45, 7) is 2.22. The fourth-order valence-corrected chi connectivity index (χ4v) is 4.37. The van der Waals surface area contributed by atoms with Gasteiger partial charge < -0.3 is 9.64 Å². The second kappa shape index (κ2) is 6.78. The molecular weight excluding hydrogens is 358 g/mol. The Kier molecular flexibility index (Phi) is 4.50. The molecule has 0 radical (unpaired) electrons. The van der Waals surface area contributed by atoms with E-state index in [2.05, 4.69) is 4.98 Å². The molecule has 130 valence electrons. The van der Waals surface area contributed by atoms with Gasteiger partial charge in [-0.25, -0.2) is 4.98 Å². The number of hydrogen-bond acceptors (Lipinski definition) is 4. The summed E-state index contributed by atoms with van der Waals surface area (Å²) in [5, 5.41) is 2.54. The molecule has 5 nitrogen and oxygen atoms in total. The van der Waals surface area contributed by atoms with E-state index in [9.17, 15) is 4.79 Å². The molecule has 3 heterocycles. The summed E-state index contributed by atoms with van der Waals surface area (Å²) >= 11 is 7.74. The molecule has 0 N–H and O–H groups in total. The highest BCUT2D eigenvalue weighted by molar-refractivity contribution is 7.15. The minimum Gasteiger partial charge on any atom is -0.384 e. The van der Waals surface area contributed by atoms with Crippen molar-refractivity contribution >= 4 is 33.8 Å². The number of halogens is 1. The Hall–Kier alpha value is -1.89. The van der Waals surface area contributed by atoms with Crippen LogP contribution in [0, 0.1) is 5.92 Å². The maximum atomic E-state index is 12.9. The normalized spacial score (nSPS) is 17.5. The monoisotopic (exact) mass is 375 g/mol. The second-order valence-electron chi connectivity index (χ2n) is 6.24. The average Bonchev–Trinajstić information content (AvgIpc) is 3.30. The predicted molar refractivity (Wildman–Crippen MR) is 99.4 cm³/mol. The first-order valence-electron chi connectivity index (χ1n) is 8.17. The summed E-state index contributed by atoms with van der Waals surface area (Å²) in [7, 11) is 1.70. The molecule has 0 saturated carbocycles. The standard InChI is InChI=1S/C18H18ClN3O2S/c1-24-10-12-6-7-21(8-12)17(23)16-11-25-18-20-15(9-22(16)18)13-4-2-3-5-14(13)19/h2-5,9,11-12H,6-8,10H2,1H3. The average molecular weight is 376 g/mol. The van der Waals surface area contributed by atoms with Gasteiger partial charge in [-0.05, 0) is 12.5 Å². The van der Waals surface area contributed by atoms with Gasteiger partial charge in [-0.2, -0.15) is 0 Å². The van der Waals surface area contributed by atoms with Crippen molar-refractivity contribution in [3.05, 3.63) is 46.6 Å². The lowest BCUT2D eigenvalue weighted by Crippen LogP contribution is -2.30. The lowest BCUT2D eigenvalue weighted by atomic mass is 10.1. The van der Waals surface area contributed by atoms with Crippen LogP contribution in [0.5, 0.6) is 0 Å². The van der Waals surface area contributed by atoms with E-state index in [1.165, 1.54) is 11.3 Å². The maximum Gasteiger partial charge on any atom is 0.271 e. The molecule has 7 heteroatoms. The molecule has 3 aromatic rings. The molecule has 1 aliphatic heterocycles. The number of nitrogens with zero attached hydrogens (tertiary/aromatic N) is 3. The number of aromatic nitrogens is 2. The second-order valence-corrected chi connectivity index (χ2v) is 7.48. The summed E-state index contributed by atoms with van der Waals surface area (Å²) in [5.74, 6) is 0.470. The van der Waals surface area contributed by atoms with Crippen LogP contribution < -0.4 is 0 Å². The van der Waals surface area contributed by atoms with Crippen molar-refractivity contribution in [3.8, 4) is 11.3 Å². The summed E-state index contributed by atoms with van der Waals surface area (Å²) < 4.78 is 7.09. The van der Waals surface area contributed by atoms with Gasteiger partial charge in [0.25, 0.3) is 5.91 Å². The van der Waals surface area contributed by atoms with Gasteiger partial charge >= 0.3 is 0 Å². The summed E-state index contributed by atoms with van der Waals surface area (Å²) in [5.41, 5.74) is 2.31. The Morgan fingerprint density at radius 2 is 2.28 bits per heavy atom. The van der Waals surface area contributed by atoms with Gasteiger partial charge in [-0.15, -0.1) is 11.3 Å². The third-order valence-corrected chi connectivity index (χ3v) is 5.72. The lowest BCUT2D eigenvalue weighted by Gasteiger charge is -2.15. The van der Waals surface area contributed by atoms with Gasteiger partial charge in [-0.1, -0.05) is 29.8 Å². The van der Waals surface area contributed by atoms with Gasteiger partial charge in [0, 0.05) is 43.3 Å². The number of carbonyl (C=O) groups is 1. The number of carbonyl (C=O) groups excluding carboxylic acids is 1. The predicted octanol–water partition coefficient (Wildman–Crippen LogP) is 3.82. The van der Waals surface area contributed by atoms with Crippen LogP contribution in [-0.4, -0.2) is 47.0 Å². The van der Waals surface area contributed by atoms with Crippen LogP contribution in [0.25, 0.3) is 16.2 Å². The third-order valence-electron chi connectivity index (χ3n) is 4.55. The van der Waals surface area contributed by atoms with Crippen molar-refractivity contribution in [1.29, 1.82) is 0 Å². The Balaban J connectivity index is 1.63. The van der Waals surface area contributed by atoms with Crippen LogP contribution in [0.15, 0.2) is 35.8 Å². The Bertz CT molecular complexity index is 920. The first kappa shape index (κ1) is 16.6. The zero-order valence-corrected chi connectivity index (χ0v) is 15.4. The molecule has 0 aliphatic carbocycles. The number of rotatable bonds is 4. The number of hydrogen-bond donors (Lipinski definition) is 0. The molecule has 4 rings (SSSR count). The largest absolute Gasteiger partial charge is 0.384 e. The van der Waals surface area contributed by atoms with Crippen molar-refractivity contribution in [2.45, 2.75) is 6.42 Å². The van der Waals surface area contributed by atoms with Crippen molar-refractivity contribution in [1.82, 2.24) is 14.3 Å². The first-order chi connectivity index (χ1) is 12.2. The zero-order valence-electron chi connectivity index (χ0n) is 13.8.